The highest BCUT2D eigenvalue weighted by molar-refractivity contribution is 7.13. The zero-order valence-corrected chi connectivity index (χ0v) is 7.39. The number of aromatic nitrogens is 1. The van der Waals surface area contributed by atoms with E-state index < -0.39 is 0 Å². The van der Waals surface area contributed by atoms with Crippen molar-refractivity contribution in [1.29, 1.82) is 0 Å². The van der Waals surface area contributed by atoms with Gasteiger partial charge in [0.2, 0.25) is 0 Å². The van der Waals surface area contributed by atoms with E-state index in [-0.39, 0.29) is 0 Å². The van der Waals surface area contributed by atoms with Gasteiger partial charge in [0, 0.05) is 5.39 Å². The van der Waals surface area contributed by atoms with Crippen LogP contribution in [0.25, 0.3) is 10.1 Å². The van der Waals surface area contributed by atoms with Crippen molar-refractivity contribution in [2.24, 2.45) is 0 Å². The van der Waals surface area contributed by atoms with Crippen LogP contribution in [0.5, 0.6) is 5.75 Å². The molecule has 0 saturated carbocycles. The first-order chi connectivity index (χ1) is 5.81. The molecule has 0 amide bonds. The number of hydrogen-bond donors (Lipinski definition) is 1. The zero-order valence-electron chi connectivity index (χ0n) is 6.57. The van der Waals surface area contributed by atoms with Gasteiger partial charge in [-0.3, -0.25) is 0 Å². The number of fused-ring (bicyclic) bond motifs is 1. The molecule has 0 saturated heterocycles. The molecule has 2 aromatic rings. The summed E-state index contributed by atoms with van der Waals surface area (Å²) in [7, 11) is 1.64. The lowest BCUT2D eigenvalue weighted by molar-refractivity contribution is 0.415. The topological polar surface area (TPSA) is 48.1 Å². The summed E-state index contributed by atoms with van der Waals surface area (Å²) in [5.41, 5.74) is 5.63. The van der Waals surface area contributed by atoms with Crippen molar-refractivity contribution in [1.82, 2.24) is 4.37 Å². The van der Waals surface area contributed by atoms with Gasteiger partial charge in [0.15, 0.2) is 0 Å². The zero-order chi connectivity index (χ0) is 8.55. The van der Waals surface area contributed by atoms with Crippen LogP contribution in [-0.4, -0.2) is 11.5 Å². The quantitative estimate of drug-likeness (QED) is 0.729. The molecular weight excluding hydrogens is 172 g/mol. The summed E-state index contributed by atoms with van der Waals surface area (Å²) in [5, 5.41) is 1.00. The number of nitrogens with two attached hydrogens (primary N) is 1. The number of methoxy groups -OCH3 is 1. The van der Waals surface area contributed by atoms with Gasteiger partial charge >= 0.3 is 0 Å². The van der Waals surface area contributed by atoms with Crippen LogP contribution in [0.4, 0.5) is 5.82 Å². The summed E-state index contributed by atoms with van der Waals surface area (Å²) in [6.45, 7) is 0. The fourth-order valence-corrected chi connectivity index (χ4v) is 1.80. The molecule has 0 aliphatic rings. The van der Waals surface area contributed by atoms with E-state index in [1.807, 2.05) is 18.2 Å². The fraction of sp³-hybridized carbons (Fsp3) is 0.125. The first-order valence-electron chi connectivity index (χ1n) is 3.50. The number of nitrogen functional groups attached to an aromatic ring is 1. The lowest BCUT2D eigenvalue weighted by Gasteiger charge is -1.97. The predicted octanol–water partition coefficient (Wildman–Crippen LogP) is 1.89. The molecule has 4 heteroatoms. The van der Waals surface area contributed by atoms with Gasteiger partial charge in [-0.2, -0.15) is 4.37 Å². The van der Waals surface area contributed by atoms with Crippen molar-refractivity contribution in [3.8, 4) is 5.75 Å². The van der Waals surface area contributed by atoms with Gasteiger partial charge in [0.05, 0.1) is 11.8 Å². The monoisotopic (exact) mass is 180 g/mol. The minimum absolute atomic E-state index is 0.595. The van der Waals surface area contributed by atoms with Gasteiger partial charge < -0.3 is 10.5 Å². The molecule has 0 radical (unpaired) electrons. The minimum Gasteiger partial charge on any atom is -0.497 e. The number of benzene rings is 1. The van der Waals surface area contributed by atoms with Crippen LogP contribution in [0.2, 0.25) is 0 Å². The van der Waals surface area contributed by atoms with E-state index in [4.69, 9.17) is 10.5 Å². The SMILES string of the molecule is COc1ccc2c(N)nsc2c1. The second kappa shape index (κ2) is 2.64. The van der Waals surface area contributed by atoms with E-state index >= 15 is 0 Å². The average molecular weight is 180 g/mol. The molecule has 0 spiro atoms. The molecule has 62 valence electrons. The molecule has 0 aliphatic heterocycles. The molecular formula is C8H8N2OS. The van der Waals surface area contributed by atoms with Gasteiger partial charge in [-0.05, 0) is 29.7 Å². The minimum atomic E-state index is 0.595. The van der Waals surface area contributed by atoms with Crippen LogP contribution < -0.4 is 10.5 Å². The Morgan fingerprint density at radius 3 is 3.08 bits per heavy atom. The van der Waals surface area contributed by atoms with E-state index in [1.165, 1.54) is 11.5 Å². The van der Waals surface area contributed by atoms with E-state index in [1.54, 1.807) is 7.11 Å². The van der Waals surface area contributed by atoms with Crippen LogP contribution in [-0.2, 0) is 0 Å². The van der Waals surface area contributed by atoms with Crippen molar-refractivity contribution in [3.63, 3.8) is 0 Å². The summed E-state index contributed by atoms with van der Waals surface area (Å²) in [6, 6.07) is 5.74. The summed E-state index contributed by atoms with van der Waals surface area (Å²) in [4.78, 5) is 0. The highest BCUT2D eigenvalue weighted by Gasteiger charge is 2.02. The van der Waals surface area contributed by atoms with Crippen molar-refractivity contribution in [2.45, 2.75) is 0 Å². The molecule has 0 bridgehead atoms. The highest BCUT2D eigenvalue weighted by Crippen LogP contribution is 2.27. The molecule has 0 atom stereocenters. The van der Waals surface area contributed by atoms with Crippen LogP contribution in [0.15, 0.2) is 18.2 Å². The molecule has 0 aliphatic carbocycles. The molecule has 3 nitrogen and oxygen atoms in total. The van der Waals surface area contributed by atoms with E-state index in [9.17, 15) is 0 Å². The van der Waals surface area contributed by atoms with Gasteiger partial charge in [-0.1, -0.05) is 0 Å². The van der Waals surface area contributed by atoms with Gasteiger partial charge in [0.1, 0.15) is 11.6 Å². The van der Waals surface area contributed by atoms with Crippen molar-refractivity contribution in [3.05, 3.63) is 18.2 Å². The van der Waals surface area contributed by atoms with Crippen LogP contribution >= 0.6 is 11.5 Å². The fourth-order valence-electron chi connectivity index (χ4n) is 1.06. The molecule has 1 aromatic carbocycles. The van der Waals surface area contributed by atoms with E-state index in [2.05, 4.69) is 4.37 Å². The first-order valence-corrected chi connectivity index (χ1v) is 4.27. The number of rotatable bonds is 1. The Morgan fingerprint density at radius 2 is 2.33 bits per heavy atom. The largest absolute Gasteiger partial charge is 0.497 e. The third-order valence-electron chi connectivity index (χ3n) is 1.71. The second-order valence-electron chi connectivity index (χ2n) is 2.43. The number of ether oxygens (including phenoxy) is 1. The predicted molar refractivity (Wildman–Crippen MR) is 50.6 cm³/mol. The molecule has 1 heterocycles. The smallest absolute Gasteiger partial charge is 0.144 e. The Hall–Kier alpha value is -1.29. The van der Waals surface area contributed by atoms with E-state index in [0.717, 1.165) is 15.8 Å². The third-order valence-corrected chi connectivity index (χ3v) is 2.53. The highest BCUT2D eigenvalue weighted by atomic mass is 32.1. The molecule has 12 heavy (non-hydrogen) atoms. The Labute approximate surface area is 73.9 Å². The van der Waals surface area contributed by atoms with Crippen LogP contribution in [0.1, 0.15) is 0 Å². The van der Waals surface area contributed by atoms with Crippen molar-refractivity contribution in [2.75, 3.05) is 12.8 Å². The Balaban J connectivity index is 2.69. The van der Waals surface area contributed by atoms with Crippen molar-refractivity contribution < 1.29 is 4.74 Å². The maximum Gasteiger partial charge on any atom is 0.144 e. The van der Waals surface area contributed by atoms with Crippen LogP contribution in [0.3, 0.4) is 0 Å². The molecule has 1 aromatic heterocycles. The maximum absolute atomic E-state index is 5.63. The molecule has 0 unspecified atom stereocenters. The summed E-state index contributed by atoms with van der Waals surface area (Å²) in [5.74, 6) is 1.43. The average Bonchev–Trinajstić information content (AvgIpc) is 2.47. The standard InChI is InChI=1S/C8H8N2OS/c1-11-5-2-3-6-7(4-5)12-10-8(6)9/h2-4H,1H3,(H2,9,10). The van der Waals surface area contributed by atoms with Gasteiger partial charge in [-0.15, -0.1) is 0 Å². The summed E-state index contributed by atoms with van der Waals surface area (Å²) in [6.07, 6.45) is 0. The first kappa shape index (κ1) is 7.36. The number of anilines is 1. The summed E-state index contributed by atoms with van der Waals surface area (Å²) < 4.78 is 10.2. The second-order valence-corrected chi connectivity index (χ2v) is 3.23. The maximum atomic E-state index is 5.63. The lowest BCUT2D eigenvalue weighted by Crippen LogP contribution is -1.84. The van der Waals surface area contributed by atoms with Crippen molar-refractivity contribution >= 4 is 27.4 Å². The molecule has 2 rings (SSSR count). The third kappa shape index (κ3) is 1.00. The number of hydrogen-bond acceptors (Lipinski definition) is 4. The normalized spacial score (nSPS) is 10.4. The molecule has 0 fully saturated rings. The Morgan fingerprint density at radius 1 is 1.50 bits per heavy atom. The van der Waals surface area contributed by atoms with Crippen LogP contribution in [0, 0.1) is 0 Å². The molecule has 2 N–H and O–H groups in total. The Bertz CT molecular complexity index is 410. The Kier molecular flexibility index (Phi) is 1.62. The summed E-state index contributed by atoms with van der Waals surface area (Å²) >= 11 is 1.39. The lowest BCUT2D eigenvalue weighted by atomic mass is 10.2. The van der Waals surface area contributed by atoms with Gasteiger partial charge in [0.25, 0.3) is 0 Å². The van der Waals surface area contributed by atoms with E-state index in [0.29, 0.717) is 5.82 Å². The number of nitrogens with zero attached hydrogens (tertiary/aromatic N) is 1. The van der Waals surface area contributed by atoms with Gasteiger partial charge in [-0.25, -0.2) is 0 Å².